The molecule has 0 radical (unpaired) electrons. The molecule has 0 saturated carbocycles. The summed E-state index contributed by atoms with van der Waals surface area (Å²) in [5.41, 5.74) is 2.12. The molecule has 2 amide bonds. The molecule has 2 aromatic heterocycles. The molecule has 1 atom stereocenters. The summed E-state index contributed by atoms with van der Waals surface area (Å²) in [5.74, 6) is -1.35. The average Bonchev–Trinajstić information content (AvgIpc) is 3.47. The van der Waals surface area contributed by atoms with Crippen LogP contribution in [-0.2, 0) is 11.0 Å². The topological polar surface area (TPSA) is 93.2 Å². The van der Waals surface area contributed by atoms with Gasteiger partial charge in [-0.05, 0) is 24.6 Å². The molecule has 0 aliphatic rings. The van der Waals surface area contributed by atoms with E-state index < -0.39 is 29.5 Å². The van der Waals surface area contributed by atoms with Gasteiger partial charge in [-0.3, -0.25) is 14.9 Å². The summed E-state index contributed by atoms with van der Waals surface area (Å²) < 4.78 is 45.1. The van der Waals surface area contributed by atoms with Crippen LogP contribution in [0.1, 0.15) is 34.5 Å². The number of nitrogens with zero attached hydrogens (tertiary/aromatic N) is 2. The van der Waals surface area contributed by atoms with Crippen LogP contribution in [0.2, 0.25) is 0 Å². The summed E-state index contributed by atoms with van der Waals surface area (Å²) in [7, 11) is 1.44. The lowest BCUT2D eigenvalue weighted by Gasteiger charge is -2.15. The van der Waals surface area contributed by atoms with Gasteiger partial charge in [-0.2, -0.15) is 13.2 Å². The quantitative estimate of drug-likeness (QED) is 0.346. The van der Waals surface area contributed by atoms with Gasteiger partial charge < -0.3 is 10.1 Å². The standard InChI is InChI=1S/C22H17F3N4O3S2/c1-11(12-4-3-5-13(6-12)22(23,24)25)19(30)27-14-7-16(32-2)18-17(8-14)34-21(28-18)29-20(31)15-9-33-10-26-15/h3-11H,1-2H3,(H,27,30)(H,28,29,31). The van der Waals surface area contributed by atoms with Crippen molar-refractivity contribution in [1.29, 1.82) is 0 Å². The third-order valence-electron chi connectivity index (χ3n) is 4.94. The Balaban J connectivity index is 1.56. The van der Waals surface area contributed by atoms with E-state index in [4.69, 9.17) is 4.74 Å². The Morgan fingerprint density at radius 2 is 1.94 bits per heavy atom. The highest BCUT2D eigenvalue weighted by molar-refractivity contribution is 7.22. The van der Waals surface area contributed by atoms with E-state index in [1.54, 1.807) is 23.0 Å². The number of carbonyl (C=O) groups excluding carboxylic acids is 2. The van der Waals surface area contributed by atoms with E-state index in [1.807, 2.05) is 0 Å². The molecule has 1 unspecified atom stereocenters. The van der Waals surface area contributed by atoms with Crippen molar-refractivity contribution in [2.45, 2.75) is 19.0 Å². The molecule has 7 nitrogen and oxygen atoms in total. The zero-order valence-corrected chi connectivity index (χ0v) is 19.4. The summed E-state index contributed by atoms with van der Waals surface area (Å²) in [5, 5.41) is 7.34. The first kappa shape index (κ1) is 23.6. The van der Waals surface area contributed by atoms with Gasteiger partial charge in [0.15, 0.2) is 5.13 Å². The summed E-state index contributed by atoms with van der Waals surface area (Å²) in [6, 6.07) is 7.89. The van der Waals surface area contributed by atoms with Gasteiger partial charge >= 0.3 is 6.18 Å². The van der Waals surface area contributed by atoms with Gasteiger partial charge in [-0.25, -0.2) is 9.97 Å². The third kappa shape index (κ3) is 5.02. The minimum Gasteiger partial charge on any atom is -0.494 e. The van der Waals surface area contributed by atoms with Crippen molar-refractivity contribution in [2.24, 2.45) is 0 Å². The minimum atomic E-state index is -4.50. The number of amides is 2. The molecule has 4 rings (SSSR count). The predicted molar refractivity (Wildman–Crippen MR) is 125 cm³/mol. The fourth-order valence-electron chi connectivity index (χ4n) is 3.15. The highest BCUT2D eigenvalue weighted by atomic mass is 32.1. The SMILES string of the molecule is COc1cc(NC(=O)C(C)c2cccc(C(F)(F)F)c2)cc2sc(NC(=O)c3cscn3)nc12. The first-order valence-electron chi connectivity index (χ1n) is 9.82. The molecular weight excluding hydrogens is 489 g/mol. The Hall–Kier alpha value is -3.51. The molecule has 2 N–H and O–H groups in total. The number of halogens is 3. The van der Waals surface area contributed by atoms with Crippen LogP contribution in [0.4, 0.5) is 24.0 Å². The largest absolute Gasteiger partial charge is 0.494 e. The number of alkyl halides is 3. The van der Waals surface area contributed by atoms with E-state index in [9.17, 15) is 22.8 Å². The second kappa shape index (κ2) is 9.39. The fraction of sp³-hybridized carbons (Fsp3) is 0.182. The molecule has 0 spiro atoms. The summed E-state index contributed by atoms with van der Waals surface area (Å²) in [6.07, 6.45) is -4.50. The number of rotatable bonds is 6. The molecule has 12 heteroatoms. The number of aromatic nitrogens is 2. The first-order valence-corrected chi connectivity index (χ1v) is 11.6. The Kier molecular flexibility index (Phi) is 6.53. The minimum absolute atomic E-state index is 0.241. The Morgan fingerprint density at radius 3 is 2.62 bits per heavy atom. The van der Waals surface area contributed by atoms with Gasteiger partial charge in [-0.15, -0.1) is 11.3 Å². The smallest absolute Gasteiger partial charge is 0.416 e. The van der Waals surface area contributed by atoms with Gasteiger partial charge in [0.05, 0.1) is 28.8 Å². The lowest BCUT2D eigenvalue weighted by Crippen LogP contribution is -2.19. The summed E-state index contributed by atoms with van der Waals surface area (Å²) >= 11 is 2.47. The van der Waals surface area contributed by atoms with Gasteiger partial charge in [-0.1, -0.05) is 29.5 Å². The zero-order chi connectivity index (χ0) is 24.5. The maximum absolute atomic E-state index is 13.0. The molecule has 34 heavy (non-hydrogen) atoms. The highest BCUT2D eigenvalue weighted by Gasteiger charge is 2.31. The zero-order valence-electron chi connectivity index (χ0n) is 17.8. The molecular formula is C22H17F3N4O3S2. The van der Waals surface area contributed by atoms with Crippen molar-refractivity contribution in [2.75, 3.05) is 17.7 Å². The van der Waals surface area contributed by atoms with Crippen LogP contribution in [0, 0.1) is 0 Å². The second-order valence-electron chi connectivity index (χ2n) is 7.21. The molecule has 4 aromatic rings. The van der Waals surface area contributed by atoms with Gasteiger partial charge in [0, 0.05) is 17.1 Å². The molecule has 176 valence electrons. The van der Waals surface area contributed by atoms with Crippen LogP contribution in [-0.4, -0.2) is 28.9 Å². The molecule has 0 aliphatic heterocycles. The molecule has 0 saturated heterocycles. The fourth-order valence-corrected chi connectivity index (χ4v) is 4.60. The third-order valence-corrected chi connectivity index (χ3v) is 6.44. The Morgan fingerprint density at radius 1 is 1.15 bits per heavy atom. The molecule has 0 aliphatic carbocycles. The van der Waals surface area contributed by atoms with Crippen LogP contribution in [0.3, 0.4) is 0 Å². The molecule has 0 fully saturated rings. The van der Waals surface area contributed by atoms with E-state index in [2.05, 4.69) is 20.6 Å². The number of hydrogen-bond acceptors (Lipinski definition) is 7. The van der Waals surface area contributed by atoms with Crippen LogP contribution in [0.5, 0.6) is 5.75 Å². The summed E-state index contributed by atoms with van der Waals surface area (Å²) in [4.78, 5) is 33.4. The molecule has 2 aromatic carbocycles. The lowest BCUT2D eigenvalue weighted by molar-refractivity contribution is -0.137. The van der Waals surface area contributed by atoms with Crippen molar-refractivity contribution in [1.82, 2.24) is 9.97 Å². The maximum atomic E-state index is 13.0. The van der Waals surface area contributed by atoms with Crippen LogP contribution < -0.4 is 15.4 Å². The van der Waals surface area contributed by atoms with Crippen LogP contribution in [0.15, 0.2) is 47.3 Å². The average molecular weight is 507 g/mol. The van der Waals surface area contributed by atoms with Gasteiger partial charge in [0.1, 0.15) is 17.0 Å². The maximum Gasteiger partial charge on any atom is 0.416 e. The van der Waals surface area contributed by atoms with Crippen molar-refractivity contribution in [3.8, 4) is 5.75 Å². The van der Waals surface area contributed by atoms with Crippen LogP contribution in [0.25, 0.3) is 10.2 Å². The number of carbonyl (C=O) groups is 2. The van der Waals surface area contributed by atoms with Crippen molar-refractivity contribution >= 4 is 55.5 Å². The second-order valence-corrected chi connectivity index (χ2v) is 8.96. The highest BCUT2D eigenvalue weighted by Crippen LogP contribution is 2.36. The number of hydrogen-bond donors (Lipinski definition) is 2. The number of nitrogens with one attached hydrogen (secondary N) is 2. The monoisotopic (exact) mass is 506 g/mol. The van der Waals surface area contributed by atoms with Gasteiger partial charge in [0.25, 0.3) is 5.91 Å². The summed E-state index contributed by atoms with van der Waals surface area (Å²) in [6.45, 7) is 1.53. The van der Waals surface area contributed by atoms with E-state index in [1.165, 1.54) is 48.8 Å². The Labute approximate surface area is 199 Å². The van der Waals surface area contributed by atoms with E-state index >= 15 is 0 Å². The number of thiazole rings is 2. The first-order chi connectivity index (χ1) is 16.2. The van der Waals surface area contributed by atoms with E-state index in [0.717, 1.165) is 12.1 Å². The lowest BCUT2D eigenvalue weighted by atomic mass is 9.98. The number of ether oxygens (including phenoxy) is 1. The predicted octanol–water partition coefficient (Wildman–Crippen LogP) is 5.77. The number of fused-ring (bicyclic) bond motifs is 1. The van der Waals surface area contributed by atoms with E-state index in [-0.39, 0.29) is 11.3 Å². The van der Waals surface area contributed by atoms with E-state index in [0.29, 0.717) is 26.8 Å². The normalized spacial score (nSPS) is 12.4. The van der Waals surface area contributed by atoms with Crippen LogP contribution >= 0.6 is 22.7 Å². The van der Waals surface area contributed by atoms with Crippen molar-refractivity contribution in [3.63, 3.8) is 0 Å². The van der Waals surface area contributed by atoms with Gasteiger partial charge in [0.2, 0.25) is 5.91 Å². The van der Waals surface area contributed by atoms with Crippen molar-refractivity contribution in [3.05, 3.63) is 64.1 Å². The number of methoxy groups -OCH3 is 1. The molecule has 2 heterocycles. The van der Waals surface area contributed by atoms with Crippen molar-refractivity contribution < 1.29 is 27.5 Å². The molecule has 0 bridgehead atoms. The number of anilines is 2. The number of benzene rings is 2. The Bertz CT molecular complexity index is 1350.